The Morgan fingerprint density at radius 3 is 2.72 bits per heavy atom. The first-order valence-electron chi connectivity index (χ1n) is 5.18. The lowest BCUT2D eigenvalue weighted by atomic mass is 10.1. The Morgan fingerprint density at radius 1 is 1.50 bits per heavy atom. The summed E-state index contributed by atoms with van der Waals surface area (Å²) in [6.07, 6.45) is 0. The SMILES string of the molecule is CC(C#N)CNCc1cc([N+](=O)[O-])c(F)cc1F. The molecular weight excluding hydrogens is 244 g/mol. The lowest BCUT2D eigenvalue weighted by Gasteiger charge is -2.07. The zero-order valence-electron chi connectivity index (χ0n) is 9.61. The molecule has 1 N–H and O–H groups in total. The molecule has 1 rings (SSSR count). The summed E-state index contributed by atoms with van der Waals surface area (Å²) < 4.78 is 26.4. The highest BCUT2D eigenvalue weighted by molar-refractivity contribution is 5.37. The lowest BCUT2D eigenvalue weighted by molar-refractivity contribution is -0.387. The molecule has 0 spiro atoms. The molecule has 0 radical (unpaired) electrons. The topological polar surface area (TPSA) is 79.0 Å². The third-order valence-corrected chi connectivity index (χ3v) is 2.30. The summed E-state index contributed by atoms with van der Waals surface area (Å²) in [5.41, 5.74) is -0.769. The van der Waals surface area contributed by atoms with E-state index < -0.39 is 22.2 Å². The summed E-state index contributed by atoms with van der Waals surface area (Å²) in [5.74, 6) is -2.31. The van der Waals surface area contributed by atoms with E-state index in [1.807, 2.05) is 6.07 Å². The lowest BCUT2D eigenvalue weighted by Crippen LogP contribution is -2.20. The molecule has 5 nitrogen and oxygen atoms in total. The van der Waals surface area contributed by atoms with Crippen LogP contribution in [-0.2, 0) is 6.54 Å². The largest absolute Gasteiger partial charge is 0.311 e. The molecule has 0 aliphatic carbocycles. The van der Waals surface area contributed by atoms with Crippen molar-refractivity contribution in [2.24, 2.45) is 5.92 Å². The first-order chi connectivity index (χ1) is 8.45. The molecule has 0 aliphatic rings. The number of rotatable bonds is 5. The van der Waals surface area contributed by atoms with Gasteiger partial charge in [-0.05, 0) is 6.92 Å². The van der Waals surface area contributed by atoms with Crippen LogP contribution in [0.2, 0.25) is 0 Å². The molecule has 0 fully saturated rings. The Kier molecular flexibility index (Phi) is 4.68. The molecule has 1 aromatic carbocycles. The van der Waals surface area contributed by atoms with Crippen LogP contribution in [0, 0.1) is 39.0 Å². The molecule has 1 atom stereocenters. The molecule has 18 heavy (non-hydrogen) atoms. The molecule has 1 aromatic rings. The van der Waals surface area contributed by atoms with Gasteiger partial charge in [0, 0.05) is 30.8 Å². The van der Waals surface area contributed by atoms with E-state index >= 15 is 0 Å². The molecule has 0 bridgehead atoms. The average molecular weight is 255 g/mol. The van der Waals surface area contributed by atoms with E-state index in [1.165, 1.54) is 0 Å². The minimum absolute atomic E-state index is 0.00102. The van der Waals surface area contributed by atoms with Gasteiger partial charge >= 0.3 is 5.69 Å². The summed E-state index contributed by atoms with van der Waals surface area (Å²) in [7, 11) is 0. The maximum Gasteiger partial charge on any atom is 0.305 e. The van der Waals surface area contributed by atoms with Crippen LogP contribution >= 0.6 is 0 Å². The maximum absolute atomic E-state index is 13.3. The molecule has 0 saturated heterocycles. The van der Waals surface area contributed by atoms with E-state index in [9.17, 15) is 18.9 Å². The standard InChI is InChI=1S/C11H11F2N3O2/c1-7(4-14)5-15-6-8-2-11(16(17)18)10(13)3-9(8)12/h2-3,7,15H,5-6H2,1H3. The van der Waals surface area contributed by atoms with Crippen LogP contribution in [0.15, 0.2) is 12.1 Å². The van der Waals surface area contributed by atoms with Crippen molar-refractivity contribution in [1.82, 2.24) is 5.32 Å². The van der Waals surface area contributed by atoms with Gasteiger partial charge in [-0.15, -0.1) is 0 Å². The van der Waals surface area contributed by atoms with Crippen LogP contribution in [0.5, 0.6) is 0 Å². The molecule has 0 amide bonds. The second kappa shape index (κ2) is 6.02. The third kappa shape index (κ3) is 3.46. The summed E-state index contributed by atoms with van der Waals surface area (Å²) in [6.45, 7) is 2.00. The van der Waals surface area contributed by atoms with Gasteiger partial charge in [-0.3, -0.25) is 10.1 Å². The third-order valence-electron chi connectivity index (χ3n) is 2.30. The van der Waals surface area contributed by atoms with Gasteiger partial charge < -0.3 is 5.32 Å². The van der Waals surface area contributed by atoms with Crippen molar-refractivity contribution in [2.75, 3.05) is 6.54 Å². The molecular formula is C11H11F2N3O2. The number of nitrogens with zero attached hydrogens (tertiary/aromatic N) is 2. The van der Waals surface area contributed by atoms with Crippen LogP contribution in [0.25, 0.3) is 0 Å². The number of hydrogen-bond donors (Lipinski definition) is 1. The van der Waals surface area contributed by atoms with Gasteiger partial charge in [0.25, 0.3) is 0 Å². The fraction of sp³-hybridized carbons (Fsp3) is 0.364. The van der Waals surface area contributed by atoms with Crippen LogP contribution in [0.4, 0.5) is 14.5 Å². The Hall–Kier alpha value is -2.07. The predicted molar refractivity (Wildman–Crippen MR) is 59.5 cm³/mol. The molecule has 96 valence electrons. The molecule has 0 aromatic heterocycles. The predicted octanol–water partition coefficient (Wildman–Crippen LogP) is 2.12. The van der Waals surface area contributed by atoms with Gasteiger partial charge in [0.15, 0.2) is 0 Å². The number of hydrogen-bond acceptors (Lipinski definition) is 4. The number of nitrogens with one attached hydrogen (secondary N) is 1. The summed E-state index contributed by atoms with van der Waals surface area (Å²) in [4.78, 5) is 9.59. The Bertz CT molecular complexity index is 500. The zero-order valence-corrected chi connectivity index (χ0v) is 9.61. The van der Waals surface area contributed by atoms with Crippen molar-refractivity contribution >= 4 is 5.69 Å². The van der Waals surface area contributed by atoms with Crippen molar-refractivity contribution in [2.45, 2.75) is 13.5 Å². The average Bonchev–Trinajstić information content (AvgIpc) is 2.31. The summed E-state index contributed by atoms with van der Waals surface area (Å²) in [5, 5.41) is 21.8. The molecule has 0 heterocycles. The van der Waals surface area contributed by atoms with Crippen molar-refractivity contribution in [1.29, 1.82) is 5.26 Å². The van der Waals surface area contributed by atoms with Gasteiger partial charge in [0.1, 0.15) is 5.82 Å². The minimum Gasteiger partial charge on any atom is -0.311 e. The van der Waals surface area contributed by atoms with E-state index in [4.69, 9.17) is 5.26 Å². The van der Waals surface area contributed by atoms with E-state index in [0.717, 1.165) is 6.07 Å². The van der Waals surface area contributed by atoms with Crippen molar-refractivity contribution in [3.63, 3.8) is 0 Å². The monoisotopic (exact) mass is 255 g/mol. The second-order valence-corrected chi connectivity index (χ2v) is 3.81. The van der Waals surface area contributed by atoms with E-state index in [0.29, 0.717) is 12.6 Å². The number of nitriles is 1. The highest BCUT2D eigenvalue weighted by Crippen LogP contribution is 2.21. The van der Waals surface area contributed by atoms with Crippen molar-refractivity contribution in [3.8, 4) is 6.07 Å². The second-order valence-electron chi connectivity index (χ2n) is 3.81. The fourth-order valence-corrected chi connectivity index (χ4v) is 1.33. The molecule has 0 saturated carbocycles. The smallest absolute Gasteiger partial charge is 0.305 e. The molecule has 1 unspecified atom stereocenters. The van der Waals surface area contributed by atoms with E-state index in [-0.39, 0.29) is 18.0 Å². The summed E-state index contributed by atoms with van der Waals surface area (Å²) >= 11 is 0. The highest BCUT2D eigenvalue weighted by atomic mass is 19.1. The van der Waals surface area contributed by atoms with Crippen LogP contribution in [0.3, 0.4) is 0 Å². The van der Waals surface area contributed by atoms with Crippen molar-refractivity contribution in [3.05, 3.63) is 39.4 Å². The Labute approximate surface area is 102 Å². The summed E-state index contributed by atoms with van der Waals surface area (Å²) in [6, 6.07) is 3.32. The van der Waals surface area contributed by atoms with Gasteiger partial charge in [-0.2, -0.15) is 9.65 Å². The quantitative estimate of drug-likeness (QED) is 0.645. The van der Waals surface area contributed by atoms with Gasteiger partial charge in [0.05, 0.1) is 16.9 Å². The number of nitro groups is 1. The van der Waals surface area contributed by atoms with Gasteiger partial charge in [0.2, 0.25) is 5.82 Å². The van der Waals surface area contributed by atoms with Gasteiger partial charge in [-0.1, -0.05) is 0 Å². The minimum atomic E-state index is -1.20. The van der Waals surface area contributed by atoms with Crippen LogP contribution < -0.4 is 5.32 Å². The zero-order chi connectivity index (χ0) is 13.7. The number of halogens is 2. The first-order valence-corrected chi connectivity index (χ1v) is 5.18. The molecule has 7 heteroatoms. The van der Waals surface area contributed by atoms with Gasteiger partial charge in [-0.25, -0.2) is 4.39 Å². The fourth-order valence-electron chi connectivity index (χ4n) is 1.33. The van der Waals surface area contributed by atoms with Crippen molar-refractivity contribution < 1.29 is 13.7 Å². The first kappa shape index (κ1) is 14.0. The Morgan fingerprint density at radius 2 is 2.17 bits per heavy atom. The Balaban J connectivity index is 2.80. The number of benzene rings is 1. The normalized spacial score (nSPS) is 11.9. The maximum atomic E-state index is 13.3. The number of nitro benzene ring substituents is 1. The van der Waals surface area contributed by atoms with Crippen LogP contribution in [-0.4, -0.2) is 11.5 Å². The highest BCUT2D eigenvalue weighted by Gasteiger charge is 2.18. The van der Waals surface area contributed by atoms with E-state index in [1.54, 1.807) is 6.92 Å². The van der Waals surface area contributed by atoms with E-state index in [2.05, 4.69) is 5.32 Å². The molecule has 0 aliphatic heterocycles. The van der Waals surface area contributed by atoms with Crippen LogP contribution in [0.1, 0.15) is 12.5 Å².